The van der Waals surface area contributed by atoms with Gasteiger partial charge in [0.1, 0.15) is 0 Å². The molecule has 128 valence electrons. The van der Waals surface area contributed by atoms with E-state index in [2.05, 4.69) is 10.3 Å². The van der Waals surface area contributed by atoms with E-state index >= 15 is 0 Å². The smallest absolute Gasteiger partial charge is 0.322 e. The molecular formula is C19H15F3N2O. The molecule has 0 bridgehead atoms. The van der Waals surface area contributed by atoms with Crippen molar-refractivity contribution in [3.63, 3.8) is 0 Å². The van der Waals surface area contributed by atoms with Crippen LogP contribution in [0.2, 0.25) is 0 Å². The van der Waals surface area contributed by atoms with Gasteiger partial charge in [0.15, 0.2) is 0 Å². The Morgan fingerprint density at radius 1 is 0.840 bits per heavy atom. The van der Waals surface area contributed by atoms with Crippen molar-refractivity contribution < 1.29 is 18.0 Å². The normalized spacial score (nSPS) is 10.4. The van der Waals surface area contributed by atoms with Gasteiger partial charge in [0.2, 0.25) is 0 Å². The van der Waals surface area contributed by atoms with Crippen molar-refractivity contribution in [1.29, 1.82) is 0 Å². The molecule has 0 radical (unpaired) electrons. The van der Waals surface area contributed by atoms with Gasteiger partial charge in [-0.3, -0.25) is 9.78 Å². The molecule has 0 aliphatic heterocycles. The first-order chi connectivity index (χ1) is 12.0. The van der Waals surface area contributed by atoms with Gasteiger partial charge in [0.25, 0.3) is 5.91 Å². The fraction of sp³-hybridized carbons (Fsp3) is 0.0526. The molecular weight excluding hydrogens is 329 g/mol. The topological polar surface area (TPSA) is 42.0 Å². The molecule has 0 saturated heterocycles. The molecule has 25 heavy (non-hydrogen) atoms. The third-order valence-corrected chi connectivity index (χ3v) is 3.05. The number of amides is 1. The second kappa shape index (κ2) is 8.63. The van der Waals surface area contributed by atoms with Gasteiger partial charge in [-0.1, -0.05) is 30.3 Å². The second-order valence-electron chi connectivity index (χ2n) is 4.92. The molecule has 0 aliphatic carbocycles. The Morgan fingerprint density at radius 2 is 1.48 bits per heavy atom. The SMILES string of the molecule is O=C(Nc1cccc(C(F)(F)F)c1)c1ccccc1.c1ccncc1. The van der Waals surface area contributed by atoms with E-state index in [1.54, 1.807) is 42.7 Å². The van der Waals surface area contributed by atoms with Gasteiger partial charge in [0.05, 0.1) is 5.56 Å². The lowest BCUT2D eigenvalue weighted by Gasteiger charge is -2.09. The van der Waals surface area contributed by atoms with E-state index in [-0.39, 0.29) is 5.69 Å². The minimum Gasteiger partial charge on any atom is -0.322 e. The Morgan fingerprint density at radius 3 is 2.00 bits per heavy atom. The van der Waals surface area contributed by atoms with Crippen LogP contribution in [0.15, 0.2) is 85.2 Å². The van der Waals surface area contributed by atoms with Crippen molar-refractivity contribution in [3.8, 4) is 0 Å². The number of carbonyl (C=O) groups excluding carboxylic acids is 1. The summed E-state index contributed by atoms with van der Waals surface area (Å²) < 4.78 is 37.5. The predicted octanol–water partition coefficient (Wildman–Crippen LogP) is 5.04. The number of pyridine rings is 1. The van der Waals surface area contributed by atoms with Gasteiger partial charge < -0.3 is 5.32 Å². The number of nitrogens with zero attached hydrogens (tertiary/aromatic N) is 1. The van der Waals surface area contributed by atoms with Crippen LogP contribution in [0.25, 0.3) is 0 Å². The van der Waals surface area contributed by atoms with Crippen LogP contribution in [-0.4, -0.2) is 10.9 Å². The van der Waals surface area contributed by atoms with E-state index in [0.717, 1.165) is 12.1 Å². The zero-order valence-corrected chi connectivity index (χ0v) is 13.1. The highest BCUT2D eigenvalue weighted by Gasteiger charge is 2.30. The molecule has 0 spiro atoms. The number of halogens is 3. The molecule has 0 saturated carbocycles. The lowest BCUT2D eigenvalue weighted by Crippen LogP contribution is -2.12. The lowest BCUT2D eigenvalue weighted by atomic mass is 10.1. The molecule has 1 aromatic heterocycles. The second-order valence-corrected chi connectivity index (χ2v) is 4.92. The zero-order chi connectivity index (χ0) is 18.1. The summed E-state index contributed by atoms with van der Waals surface area (Å²) in [6.07, 6.45) is -0.923. The predicted molar refractivity (Wildman–Crippen MR) is 90.1 cm³/mol. The Bertz CT molecular complexity index is 764. The average molecular weight is 344 g/mol. The van der Waals surface area contributed by atoms with Crippen LogP contribution in [-0.2, 0) is 6.18 Å². The van der Waals surface area contributed by atoms with Crippen LogP contribution in [0.3, 0.4) is 0 Å². The number of anilines is 1. The molecule has 0 aliphatic rings. The molecule has 3 nitrogen and oxygen atoms in total. The van der Waals surface area contributed by atoms with E-state index in [4.69, 9.17) is 0 Å². The molecule has 3 rings (SSSR count). The van der Waals surface area contributed by atoms with Crippen LogP contribution in [0, 0.1) is 0 Å². The van der Waals surface area contributed by atoms with Gasteiger partial charge in [-0.2, -0.15) is 13.2 Å². The third-order valence-electron chi connectivity index (χ3n) is 3.05. The van der Waals surface area contributed by atoms with Gasteiger partial charge in [-0.15, -0.1) is 0 Å². The number of alkyl halides is 3. The molecule has 0 unspecified atom stereocenters. The fourth-order valence-electron chi connectivity index (χ4n) is 1.88. The molecule has 0 fully saturated rings. The summed E-state index contributed by atoms with van der Waals surface area (Å²) in [5, 5.41) is 2.43. The van der Waals surface area contributed by atoms with Crippen molar-refractivity contribution >= 4 is 11.6 Å². The highest BCUT2D eigenvalue weighted by atomic mass is 19.4. The van der Waals surface area contributed by atoms with Crippen molar-refractivity contribution in [2.24, 2.45) is 0 Å². The molecule has 6 heteroatoms. The van der Waals surface area contributed by atoms with Crippen LogP contribution < -0.4 is 5.32 Å². The highest BCUT2D eigenvalue weighted by molar-refractivity contribution is 6.04. The van der Waals surface area contributed by atoms with E-state index in [1.807, 2.05) is 18.2 Å². The maximum Gasteiger partial charge on any atom is 0.416 e. The summed E-state index contributed by atoms with van der Waals surface area (Å²) >= 11 is 0. The van der Waals surface area contributed by atoms with Crippen molar-refractivity contribution in [2.75, 3.05) is 5.32 Å². The molecule has 3 aromatic rings. The average Bonchev–Trinajstić information content (AvgIpc) is 2.64. The summed E-state index contributed by atoms with van der Waals surface area (Å²) in [5.41, 5.74) is -0.290. The summed E-state index contributed by atoms with van der Waals surface area (Å²) in [6, 6.07) is 18.5. The van der Waals surface area contributed by atoms with Crippen molar-refractivity contribution in [2.45, 2.75) is 6.18 Å². The van der Waals surface area contributed by atoms with Crippen LogP contribution in [0.5, 0.6) is 0 Å². The summed E-state index contributed by atoms with van der Waals surface area (Å²) in [7, 11) is 0. The van der Waals surface area contributed by atoms with E-state index in [0.29, 0.717) is 5.56 Å². The molecule has 1 N–H and O–H groups in total. The Balaban J connectivity index is 0.000000316. The molecule has 1 amide bonds. The molecule has 0 atom stereocenters. The van der Waals surface area contributed by atoms with Crippen LogP contribution in [0.1, 0.15) is 15.9 Å². The quantitative estimate of drug-likeness (QED) is 0.708. The number of carbonyl (C=O) groups is 1. The number of benzene rings is 2. The highest BCUT2D eigenvalue weighted by Crippen LogP contribution is 2.30. The minimum atomic E-state index is -4.42. The first-order valence-electron chi connectivity index (χ1n) is 7.35. The van der Waals surface area contributed by atoms with E-state index < -0.39 is 17.6 Å². The zero-order valence-electron chi connectivity index (χ0n) is 13.1. The number of nitrogens with one attached hydrogen (secondary N) is 1. The largest absolute Gasteiger partial charge is 0.416 e. The molecule has 2 aromatic carbocycles. The summed E-state index contributed by atoms with van der Waals surface area (Å²) in [5.74, 6) is -0.445. The number of rotatable bonds is 2. The monoisotopic (exact) mass is 344 g/mol. The minimum absolute atomic E-state index is 0.115. The van der Waals surface area contributed by atoms with Gasteiger partial charge in [-0.25, -0.2) is 0 Å². The van der Waals surface area contributed by atoms with Crippen LogP contribution >= 0.6 is 0 Å². The summed E-state index contributed by atoms with van der Waals surface area (Å²) in [4.78, 5) is 15.6. The Kier molecular flexibility index (Phi) is 6.28. The maximum atomic E-state index is 12.5. The fourth-order valence-corrected chi connectivity index (χ4v) is 1.88. The lowest BCUT2D eigenvalue weighted by molar-refractivity contribution is -0.137. The van der Waals surface area contributed by atoms with Crippen LogP contribution in [0.4, 0.5) is 18.9 Å². The van der Waals surface area contributed by atoms with E-state index in [1.165, 1.54) is 12.1 Å². The number of aromatic nitrogens is 1. The van der Waals surface area contributed by atoms with Gasteiger partial charge in [-0.05, 0) is 42.5 Å². The number of hydrogen-bond acceptors (Lipinski definition) is 2. The van der Waals surface area contributed by atoms with Crippen molar-refractivity contribution in [3.05, 3.63) is 96.3 Å². The first-order valence-corrected chi connectivity index (χ1v) is 7.35. The standard InChI is InChI=1S/C14H10F3NO.C5H5N/c15-14(16,17)11-7-4-8-12(9-11)18-13(19)10-5-2-1-3-6-10;1-2-4-6-5-3-1/h1-9H,(H,18,19);1-5H. The van der Waals surface area contributed by atoms with E-state index in [9.17, 15) is 18.0 Å². The Labute approximate surface area is 143 Å². The first kappa shape index (κ1) is 18.2. The van der Waals surface area contributed by atoms with Gasteiger partial charge >= 0.3 is 6.18 Å². The number of hydrogen-bond donors (Lipinski definition) is 1. The van der Waals surface area contributed by atoms with Gasteiger partial charge in [0, 0.05) is 23.6 Å². The Hall–Kier alpha value is -3.15. The third kappa shape index (κ3) is 6.10. The maximum absolute atomic E-state index is 12.5. The summed E-state index contributed by atoms with van der Waals surface area (Å²) in [6.45, 7) is 0. The van der Waals surface area contributed by atoms with Crippen molar-refractivity contribution in [1.82, 2.24) is 4.98 Å². The molecule has 1 heterocycles.